The lowest BCUT2D eigenvalue weighted by atomic mass is 10.1. The van der Waals surface area contributed by atoms with Crippen LogP contribution in [0.3, 0.4) is 0 Å². The molecule has 0 unspecified atom stereocenters. The second-order valence-corrected chi connectivity index (χ2v) is 6.97. The minimum absolute atomic E-state index is 0.0235. The molecule has 0 saturated carbocycles. The molecule has 0 aliphatic rings. The van der Waals surface area contributed by atoms with Gasteiger partial charge in [-0.1, -0.05) is 21.1 Å². The van der Waals surface area contributed by atoms with Gasteiger partial charge in [-0.25, -0.2) is 4.39 Å². The zero-order chi connectivity index (χ0) is 21.5. The largest absolute Gasteiger partial charge is 0.490 e. The quantitative estimate of drug-likeness (QED) is 0.411. The van der Waals surface area contributed by atoms with Crippen LogP contribution in [0.2, 0.25) is 0 Å². The third-order valence-corrected chi connectivity index (χ3v) is 4.71. The molecule has 0 radical (unpaired) electrons. The maximum absolute atomic E-state index is 13.0. The number of carbonyl (C=O) groups excluding carboxylic acids is 1. The van der Waals surface area contributed by atoms with E-state index in [9.17, 15) is 9.18 Å². The molecule has 0 N–H and O–H groups in total. The molecule has 1 aromatic heterocycles. The Morgan fingerprint density at radius 3 is 2.43 bits per heavy atom. The first-order valence-corrected chi connectivity index (χ1v) is 10.1. The van der Waals surface area contributed by atoms with E-state index in [4.69, 9.17) is 18.7 Å². The van der Waals surface area contributed by atoms with E-state index in [0.717, 1.165) is 0 Å². The molecular formula is C21H20BrFN2O5. The van der Waals surface area contributed by atoms with E-state index in [1.165, 1.54) is 24.3 Å². The molecule has 0 amide bonds. The number of nitrogens with zero attached hydrogens (tertiary/aromatic N) is 2. The van der Waals surface area contributed by atoms with Gasteiger partial charge in [-0.05, 0) is 55.8 Å². The van der Waals surface area contributed by atoms with Crippen LogP contribution >= 0.6 is 15.9 Å². The Morgan fingerprint density at radius 1 is 1.10 bits per heavy atom. The fraction of sp³-hybridized carbons (Fsp3) is 0.286. The zero-order valence-corrected chi connectivity index (χ0v) is 18.1. The van der Waals surface area contributed by atoms with Gasteiger partial charge >= 0.3 is 5.97 Å². The number of halogens is 2. The van der Waals surface area contributed by atoms with E-state index in [1.54, 1.807) is 12.1 Å². The number of hydrogen-bond acceptors (Lipinski definition) is 7. The van der Waals surface area contributed by atoms with Gasteiger partial charge in [0.05, 0.1) is 19.6 Å². The monoisotopic (exact) mass is 478 g/mol. The van der Waals surface area contributed by atoms with E-state index in [-0.39, 0.29) is 30.6 Å². The van der Waals surface area contributed by atoms with Gasteiger partial charge in [0.2, 0.25) is 5.82 Å². The van der Waals surface area contributed by atoms with Gasteiger partial charge in [-0.15, -0.1) is 0 Å². The Balaban J connectivity index is 1.62. The highest BCUT2D eigenvalue weighted by atomic mass is 79.9. The maximum Gasteiger partial charge on any atom is 0.310 e. The lowest BCUT2D eigenvalue weighted by Gasteiger charge is -2.14. The van der Waals surface area contributed by atoms with Crippen molar-refractivity contribution >= 4 is 21.9 Å². The summed E-state index contributed by atoms with van der Waals surface area (Å²) >= 11 is 3.45. The minimum atomic E-state index is -0.463. The fourth-order valence-electron chi connectivity index (χ4n) is 2.62. The maximum atomic E-state index is 13.0. The number of ether oxygens (including phenoxy) is 3. The molecular weight excluding hydrogens is 459 g/mol. The molecule has 0 fully saturated rings. The standard InChI is InChI=1S/C21H20BrFN2O5/c1-3-27-17-9-14(16(22)11-18(17)28-4-2)10-20(26)29-12-19-24-21(30-25-19)13-5-7-15(23)8-6-13/h5-9,11H,3-4,10,12H2,1-2H3. The van der Waals surface area contributed by atoms with Crippen molar-refractivity contribution in [1.29, 1.82) is 0 Å². The summed E-state index contributed by atoms with van der Waals surface area (Å²) in [5.74, 6) is 0.770. The molecule has 9 heteroatoms. The molecule has 0 aliphatic heterocycles. The van der Waals surface area contributed by atoms with E-state index < -0.39 is 5.97 Å². The van der Waals surface area contributed by atoms with Crippen molar-refractivity contribution < 1.29 is 27.9 Å². The molecule has 2 aromatic carbocycles. The van der Waals surface area contributed by atoms with Crippen molar-refractivity contribution in [3.8, 4) is 23.0 Å². The number of aromatic nitrogens is 2. The summed E-state index contributed by atoms with van der Waals surface area (Å²) < 4.78 is 35.3. The van der Waals surface area contributed by atoms with Crippen LogP contribution in [0.4, 0.5) is 4.39 Å². The van der Waals surface area contributed by atoms with Gasteiger partial charge in [0.15, 0.2) is 18.1 Å². The Hall–Kier alpha value is -2.94. The molecule has 0 spiro atoms. The average Bonchev–Trinajstić information content (AvgIpc) is 3.20. The molecule has 1 heterocycles. The fourth-order valence-corrected chi connectivity index (χ4v) is 3.09. The highest BCUT2D eigenvalue weighted by molar-refractivity contribution is 9.10. The van der Waals surface area contributed by atoms with Crippen molar-refractivity contribution in [2.24, 2.45) is 0 Å². The Morgan fingerprint density at radius 2 is 1.77 bits per heavy atom. The number of benzene rings is 2. The van der Waals surface area contributed by atoms with Crippen LogP contribution in [0.1, 0.15) is 25.2 Å². The number of esters is 1. The normalized spacial score (nSPS) is 10.7. The SMILES string of the molecule is CCOc1cc(Br)c(CC(=O)OCc2noc(-c3ccc(F)cc3)n2)cc1OCC. The topological polar surface area (TPSA) is 83.7 Å². The first kappa shape index (κ1) is 21.8. The molecule has 30 heavy (non-hydrogen) atoms. The van der Waals surface area contributed by atoms with Gasteiger partial charge in [0, 0.05) is 10.0 Å². The van der Waals surface area contributed by atoms with E-state index in [0.29, 0.717) is 40.3 Å². The summed E-state index contributed by atoms with van der Waals surface area (Å²) in [5.41, 5.74) is 1.27. The first-order valence-electron chi connectivity index (χ1n) is 9.32. The van der Waals surface area contributed by atoms with Crippen LogP contribution in [0.25, 0.3) is 11.5 Å². The lowest BCUT2D eigenvalue weighted by Crippen LogP contribution is -2.10. The van der Waals surface area contributed by atoms with Crippen molar-refractivity contribution in [2.75, 3.05) is 13.2 Å². The first-order chi connectivity index (χ1) is 14.5. The number of carbonyl (C=O) groups is 1. The summed E-state index contributed by atoms with van der Waals surface area (Å²) in [6.45, 7) is 4.58. The van der Waals surface area contributed by atoms with Crippen LogP contribution in [0.5, 0.6) is 11.5 Å². The molecule has 7 nitrogen and oxygen atoms in total. The van der Waals surface area contributed by atoms with E-state index >= 15 is 0 Å². The van der Waals surface area contributed by atoms with Crippen molar-refractivity contribution in [3.63, 3.8) is 0 Å². The molecule has 0 saturated heterocycles. The third kappa shape index (κ3) is 5.56. The molecule has 3 aromatic rings. The number of hydrogen-bond donors (Lipinski definition) is 0. The predicted molar refractivity (Wildman–Crippen MR) is 110 cm³/mol. The summed E-state index contributed by atoms with van der Waals surface area (Å²) in [6, 6.07) is 9.16. The second-order valence-electron chi connectivity index (χ2n) is 6.12. The predicted octanol–water partition coefficient (Wildman–Crippen LogP) is 4.72. The van der Waals surface area contributed by atoms with Gasteiger partial charge in [0.25, 0.3) is 5.89 Å². The molecule has 158 valence electrons. The third-order valence-electron chi connectivity index (χ3n) is 3.97. The Kier molecular flexibility index (Phi) is 7.40. The average molecular weight is 479 g/mol. The van der Waals surface area contributed by atoms with Crippen molar-refractivity contribution in [1.82, 2.24) is 10.1 Å². The second kappa shape index (κ2) is 10.2. The van der Waals surface area contributed by atoms with Gasteiger partial charge in [-0.2, -0.15) is 4.98 Å². The van der Waals surface area contributed by atoms with Gasteiger partial charge < -0.3 is 18.7 Å². The molecule has 0 atom stereocenters. The summed E-state index contributed by atoms with van der Waals surface area (Å²) in [5, 5.41) is 3.78. The summed E-state index contributed by atoms with van der Waals surface area (Å²) in [6.07, 6.45) is 0.0235. The highest BCUT2D eigenvalue weighted by Crippen LogP contribution is 2.34. The smallest absolute Gasteiger partial charge is 0.310 e. The Labute approximate surface area is 181 Å². The zero-order valence-electron chi connectivity index (χ0n) is 16.5. The van der Waals surface area contributed by atoms with Crippen LogP contribution in [0, 0.1) is 5.82 Å². The van der Waals surface area contributed by atoms with Crippen LogP contribution in [0.15, 0.2) is 45.4 Å². The van der Waals surface area contributed by atoms with Crippen LogP contribution < -0.4 is 9.47 Å². The van der Waals surface area contributed by atoms with Gasteiger partial charge in [-0.3, -0.25) is 4.79 Å². The Bertz CT molecular complexity index is 1010. The van der Waals surface area contributed by atoms with E-state index in [1.807, 2.05) is 13.8 Å². The van der Waals surface area contributed by atoms with Crippen LogP contribution in [-0.2, 0) is 22.6 Å². The summed E-state index contributed by atoms with van der Waals surface area (Å²) in [4.78, 5) is 16.4. The minimum Gasteiger partial charge on any atom is -0.490 e. The highest BCUT2D eigenvalue weighted by Gasteiger charge is 2.16. The van der Waals surface area contributed by atoms with E-state index in [2.05, 4.69) is 26.1 Å². The number of rotatable bonds is 9. The molecule has 3 rings (SSSR count). The molecule has 0 aliphatic carbocycles. The van der Waals surface area contributed by atoms with Crippen molar-refractivity contribution in [2.45, 2.75) is 26.9 Å². The summed E-state index contributed by atoms with van der Waals surface area (Å²) in [7, 11) is 0. The van der Waals surface area contributed by atoms with Crippen molar-refractivity contribution in [3.05, 3.63) is 58.1 Å². The van der Waals surface area contributed by atoms with Gasteiger partial charge in [0.1, 0.15) is 5.82 Å². The molecule has 0 bridgehead atoms. The lowest BCUT2D eigenvalue weighted by molar-refractivity contribution is -0.144. The van der Waals surface area contributed by atoms with Crippen LogP contribution in [-0.4, -0.2) is 29.3 Å².